The number of aliphatic hydroxyl groups excluding tert-OH is 1. The summed E-state index contributed by atoms with van der Waals surface area (Å²) in [5, 5.41) is 9.23. The normalized spacial score (nSPS) is 49.7. The molecule has 0 aromatic carbocycles. The summed E-state index contributed by atoms with van der Waals surface area (Å²) in [7, 11) is 0. The van der Waals surface area contributed by atoms with Crippen LogP contribution in [-0.2, 0) is 4.74 Å². The minimum atomic E-state index is -0.225. The molecule has 0 radical (unpaired) electrons. The highest BCUT2D eigenvalue weighted by Crippen LogP contribution is 2.28. The fourth-order valence-corrected chi connectivity index (χ4v) is 1.51. The zero-order chi connectivity index (χ0) is 6.27. The first kappa shape index (κ1) is 5.65. The maximum absolute atomic E-state index is 9.23. The Balaban J connectivity index is 2.07. The third kappa shape index (κ3) is 0.764. The molecule has 3 atom stereocenters. The Morgan fingerprint density at radius 3 is 3.22 bits per heavy atom. The van der Waals surface area contributed by atoms with Gasteiger partial charge in [-0.15, -0.1) is 0 Å². The summed E-state index contributed by atoms with van der Waals surface area (Å²) in [6, 6.07) is 0. The predicted molar refractivity (Wildman–Crippen MR) is 30.9 cm³/mol. The lowest BCUT2D eigenvalue weighted by atomic mass is 10.0. The predicted octanol–water partition coefficient (Wildman–Crippen LogP) is -0.749. The summed E-state index contributed by atoms with van der Waals surface area (Å²) < 4.78 is 9.33. The molecule has 0 saturated carbocycles. The van der Waals surface area contributed by atoms with Crippen LogP contribution in [0.4, 0.5) is 0 Å². The topological polar surface area (TPSA) is 42.3 Å². The molecule has 0 bridgehead atoms. The highest BCUT2D eigenvalue weighted by Gasteiger charge is 2.45. The molecule has 2 heterocycles. The van der Waals surface area contributed by atoms with Crippen LogP contribution in [0.2, 0.25) is 0 Å². The van der Waals surface area contributed by atoms with E-state index in [9.17, 15) is 5.11 Å². The van der Waals surface area contributed by atoms with Gasteiger partial charge in [0.1, 0.15) is 6.10 Å². The minimum Gasteiger partial charge on any atom is -0.408 e. The summed E-state index contributed by atoms with van der Waals surface area (Å²) in [6.07, 6.45) is 0.785. The molecule has 2 fully saturated rings. The van der Waals surface area contributed by atoms with Gasteiger partial charge >= 0.3 is 0 Å². The first-order valence-corrected chi connectivity index (χ1v) is 3.34. The number of fused-ring (bicyclic) bond motifs is 1. The van der Waals surface area contributed by atoms with E-state index in [-0.39, 0.29) is 12.4 Å². The van der Waals surface area contributed by atoms with Crippen LogP contribution in [0.3, 0.4) is 0 Å². The molecule has 0 unspecified atom stereocenters. The molecule has 52 valence electrons. The van der Waals surface area contributed by atoms with Crippen LogP contribution in [0.1, 0.15) is 6.42 Å². The molecule has 2 aliphatic heterocycles. The lowest BCUT2D eigenvalue weighted by Gasteiger charge is -2.01. The molecule has 0 spiro atoms. The van der Waals surface area contributed by atoms with Gasteiger partial charge in [0.2, 0.25) is 0 Å². The van der Waals surface area contributed by atoms with E-state index in [1.807, 2.05) is 0 Å². The lowest BCUT2D eigenvalue weighted by molar-refractivity contribution is -0.195. The number of hydrogen-bond donors (Lipinski definition) is 1. The quantitative estimate of drug-likeness (QED) is 0.439. The largest absolute Gasteiger partial charge is 0.408 e. The van der Waals surface area contributed by atoms with Gasteiger partial charge in [0.05, 0.1) is 12.5 Å². The Bertz CT molecular complexity index is 115. The number of ether oxygens (including phenoxy) is 2. The van der Waals surface area contributed by atoms with E-state index in [0.717, 1.165) is 13.0 Å². The molecule has 3 heteroatoms. The molecule has 0 amide bonds. The fourth-order valence-electron chi connectivity index (χ4n) is 1.51. The summed E-state index contributed by atoms with van der Waals surface area (Å²) in [6.45, 7) is 1.35. The van der Waals surface area contributed by atoms with E-state index in [0.29, 0.717) is 12.5 Å². The van der Waals surface area contributed by atoms with Crippen LogP contribution < -0.4 is 0 Å². The Morgan fingerprint density at radius 2 is 2.44 bits per heavy atom. The van der Waals surface area contributed by atoms with Crippen LogP contribution >= 0.6 is 0 Å². The van der Waals surface area contributed by atoms with Gasteiger partial charge in [-0.3, -0.25) is 0 Å². The Kier molecular flexibility index (Phi) is 1.22. The van der Waals surface area contributed by atoms with Crippen LogP contribution in [-0.4, -0.2) is 35.5 Å². The highest BCUT2D eigenvalue weighted by atomic mass is 16.7. The van der Waals surface area contributed by atoms with Gasteiger partial charge in [-0.2, -0.15) is 0 Å². The number of aliphatic hydroxyl groups is 3. The second-order valence-electron chi connectivity index (χ2n) is 2.65. The Morgan fingerprint density at radius 1 is 1.56 bits per heavy atom. The molecule has 0 aromatic heterocycles. The van der Waals surface area contributed by atoms with Gasteiger partial charge < -0.3 is 14.6 Å². The van der Waals surface area contributed by atoms with Gasteiger partial charge in [-0.25, -0.2) is 0 Å². The molecule has 3 nitrogen and oxygen atoms in total. The van der Waals surface area contributed by atoms with E-state index in [4.69, 9.17) is 4.74 Å². The van der Waals surface area contributed by atoms with Crippen LogP contribution in [0, 0.1) is 5.92 Å². The third-order valence-corrected chi connectivity index (χ3v) is 2.07. The second kappa shape index (κ2) is 1.94. The van der Waals surface area contributed by atoms with Gasteiger partial charge in [0, 0.05) is 0 Å². The SMILES string of the molecule is O[C@H]1C[OH+][C@H]2OCC[C@H]21. The zero-order valence-corrected chi connectivity index (χ0v) is 5.16. The van der Waals surface area contributed by atoms with E-state index < -0.39 is 0 Å². The summed E-state index contributed by atoms with van der Waals surface area (Å²) in [5.74, 6) is 0.310. The lowest BCUT2D eigenvalue weighted by Crippen LogP contribution is -2.18. The molecular weight excluding hydrogens is 120 g/mol. The van der Waals surface area contributed by atoms with E-state index >= 15 is 0 Å². The Hall–Kier alpha value is -0.120. The van der Waals surface area contributed by atoms with Crippen molar-refractivity contribution in [1.29, 1.82) is 0 Å². The average Bonchev–Trinajstić information content (AvgIpc) is 2.35. The van der Waals surface area contributed by atoms with Gasteiger partial charge in [0.25, 0.3) is 6.29 Å². The standard InChI is InChI=1S/C6H10O3/c7-5-3-9-6-4(5)1-2-8-6/h4-7H,1-3H2/p+1/t4-,5-,6+/m0/s1. The molecule has 0 aromatic rings. The van der Waals surface area contributed by atoms with Gasteiger partial charge in [0.15, 0.2) is 6.61 Å². The summed E-state index contributed by atoms with van der Waals surface area (Å²) in [4.78, 5) is 0. The Labute approximate surface area is 53.6 Å². The number of hydrogen-bond acceptors (Lipinski definition) is 2. The molecule has 0 aliphatic carbocycles. The van der Waals surface area contributed by atoms with E-state index in [1.165, 1.54) is 0 Å². The van der Waals surface area contributed by atoms with Crippen molar-refractivity contribution in [2.24, 2.45) is 5.92 Å². The fraction of sp³-hybridized carbons (Fsp3) is 1.00. The summed E-state index contributed by atoms with van der Waals surface area (Å²) in [5.41, 5.74) is 0. The third-order valence-electron chi connectivity index (χ3n) is 2.07. The zero-order valence-electron chi connectivity index (χ0n) is 5.16. The maximum atomic E-state index is 9.23. The molecule has 2 saturated heterocycles. The first-order valence-electron chi connectivity index (χ1n) is 3.34. The van der Waals surface area contributed by atoms with Crippen molar-refractivity contribution in [3.05, 3.63) is 0 Å². The van der Waals surface area contributed by atoms with Crippen molar-refractivity contribution in [1.82, 2.24) is 0 Å². The summed E-state index contributed by atoms with van der Waals surface area (Å²) >= 11 is 0. The van der Waals surface area contributed by atoms with Gasteiger partial charge in [-0.1, -0.05) is 0 Å². The molecular formula is C6H11O3+. The first-order chi connectivity index (χ1) is 4.38. The molecule has 2 rings (SSSR count). The molecule has 2 N–H and O–H groups in total. The van der Waals surface area contributed by atoms with Gasteiger partial charge in [-0.05, 0) is 6.42 Å². The molecule has 2 aliphatic rings. The van der Waals surface area contributed by atoms with Crippen molar-refractivity contribution in [2.45, 2.75) is 18.8 Å². The minimum absolute atomic E-state index is 0.0278. The highest BCUT2D eigenvalue weighted by molar-refractivity contribution is 4.80. The van der Waals surface area contributed by atoms with Crippen LogP contribution in [0.15, 0.2) is 0 Å². The van der Waals surface area contributed by atoms with Crippen molar-refractivity contribution in [3.8, 4) is 0 Å². The van der Waals surface area contributed by atoms with Crippen molar-refractivity contribution in [3.63, 3.8) is 0 Å². The maximum Gasteiger partial charge on any atom is 0.270 e. The van der Waals surface area contributed by atoms with E-state index in [1.54, 1.807) is 0 Å². The van der Waals surface area contributed by atoms with Crippen molar-refractivity contribution in [2.75, 3.05) is 13.2 Å². The van der Waals surface area contributed by atoms with Crippen molar-refractivity contribution < 1.29 is 14.6 Å². The molecule has 9 heavy (non-hydrogen) atoms. The average molecular weight is 131 g/mol. The van der Waals surface area contributed by atoms with Crippen LogP contribution in [0.5, 0.6) is 0 Å². The van der Waals surface area contributed by atoms with Crippen molar-refractivity contribution >= 4 is 0 Å². The monoisotopic (exact) mass is 131 g/mol. The number of rotatable bonds is 0. The second-order valence-corrected chi connectivity index (χ2v) is 2.65. The van der Waals surface area contributed by atoms with Crippen LogP contribution in [0.25, 0.3) is 0 Å². The smallest absolute Gasteiger partial charge is 0.270 e. The van der Waals surface area contributed by atoms with E-state index in [2.05, 4.69) is 4.74 Å².